The molecule has 0 aromatic carbocycles. The molecule has 1 aliphatic rings. The highest BCUT2D eigenvalue weighted by molar-refractivity contribution is 5.91. The first-order chi connectivity index (χ1) is 6.43. The molecule has 0 aliphatic carbocycles. The minimum atomic E-state index is -0.691. The molecule has 80 valence electrons. The average Bonchev–Trinajstić information content (AvgIpc) is 2.12. The first kappa shape index (κ1) is 11.0. The highest BCUT2D eigenvalue weighted by Gasteiger charge is 2.45. The van der Waals surface area contributed by atoms with Gasteiger partial charge in [0, 0.05) is 0 Å². The van der Waals surface area contributed by atoms with Crippen molar-refractivity contribution in [3.63, 3.8) is 0 Å². The van der Waals surface area contributed by atoms with Gasteiger partial charge in [0.2, 0.25) is 6.10 Å². The molecule has 0 bridgehead atoms. The van der Waals surface area contributed by atoms with Gasteiger partial charge in [-0.15, -0.1) is 0 Å². The topological polar surface area (TPSA) is 52.6 Å². The molecule has 1 fully saturated rings. The van der Waals surface area contributed by atoms with Crippen LogP contribution in [0.1, 0.15) is 27.7 Å². The van der Waals surface area contributed by atoms with Gasteiger partial charge >= 0.3 is 11.9 Å². The number of hydrogen-bond acceptors (Lipinski definition) is 4. The van der Waals surface area contributed by atoms with E-state index in [0.29, 0.717) is 0 Å². The third-order valence-corrected chi connectivity index (χ3v) is 2.54. The number of esters is 2. The summed E-state index contributed by atoms with van der Waals surface area (Å²) in [6, 6.07) is 0. The Labute approximate surface area is 83.6 Å². The van der Waals surface area contributed by atoms with Crippen LogP contribution in [0.2, 0.25) is 0 Å². The van der Waals surface area contributed by atoms with Crippen molar-refractivity contribution in [3.8, 4) is 0 Å². The summed E-state index contributed by atoms with van der Waals surface area (Å²) in [4.78, 5) is 22.1. The van der Waals surface area contributed by atoms with E-state index in [2.05, 4.69) is 4.74 Å². The third-order valence-electron chi connectivity index (χ3n) is 2.54. The predicted molar refractivity (Wildman–Crippen MR) is 49.4 cm³/mol. The molecule has 4 nitrogen and oxygen atoms in total. The van der Waals surface area contributed by atoms with E-state index in [1.165, 1.54) is 0 Å². The molecule has 3 atom stereocenters. The van der Waals surface area contributed by atoms with E-state index in [1.807, 2.05) is 20.8 Å². The van der Waals surface area contributed by atoms with Crippen molar-refractivity contribution in [1.29, 1.82) is 0 Å². The van der Waals surface area contributed by atoms with Gasteiger partial charge in [-0.2, -0.15) is 0 Å². The lowest BCUT2D eigenvalue weighted by Crippen LogP contribution is -2.49. The zero-order valence-corrected chi connectivity index (χ0v) is 8.94. The fourth-order valence-corrected chi connectivity index (χ4v) is 1.02. The summed E-state index contributed by atoms with van der Waals surface area (Å²) in [7, 11) is 0. The molecular weight excluding hydrogens is 184 g/mol. The Kier molecular flexibility index (Phi) is 3.13. The van der Waals surface area contributed by atoms with Crippen molar-refractivity contribution in [2.24, 2.45) is 11.8 Å². The van der Waals surface area contributed by atoms with Crippen molar-refractivity contribution in [3.05, 3.63) is 0 Å². The van der Waals surface area contributed by atoms with Crippen LogP contribution in [0.5, 0.6) is 0 Å². The van der Waals surface area contributed by atoms with E-state index in [1.54, 1.807) is 6.92 Å². The fraction of sp³-hybridized carbons (Fsp3) is 0.800. The van der Waals surface area contributed by atoms with Crippen LogP contribution in [0.4, 0.5) is 0 Å². The van der Waals surface area contributed by atoms with Gasteiger partial charge < -0.3 is 9.47 Å². The molecule has 0 radical (unpaired) electrons. The molecule has 0 amide bonds. The fourth-order valence-electron chi connectivity index (χ4n) is 1.02. The highest BCUT2D eigenvalue weighted by Crippen LogP contribution is 2.23. The Bertz CT molecular complexity index is 247. The Balaban J connectivity index is 2.40. The smallest absolute Gasteiger partial charge is 0.348 e. The van der Waals surface area contributed by atoms with E-state index < -0.39 is 12.1 Å². The molecule has 14 heavy (non-hydrogen) atoms. The summed E-state index contributed by atoms with van der Waals surface area (Å²) in [5, 5.41) is 0. The van der Waals surface area contributed by atoms with E-state index in [4.69, 9.17) is 4.74 Å². The van der Waals surface area contributed by atoms with Crippen molar-refractivity contribution >= 4 is 11.9 Å². The Hall–Kier alpha value is -1.06. The molecule has 0 unspecified atom stereocenters. The maximum Gasteiger partial charge on any atom is 0.348 e. The van der Waals surface area contributed by atoms with Gasteiger partial charge in [-0.1, -0.05) is 13.8 Å². The maximum atomic E-state index is 11.4. The summed E-state index contributed by atoms with van der Waals surface area (Å²) in [5.41, 5.74) is 0. The molecule has 1 saturated heterocycles. The SMILES string of the molecule is CC(C)[C@@H](C)OC(=O)[C@H]1OC(=O)[C@H]1C. The number of carbonyl (C=O) groups excluding carboxylic acids is 2. The van der Waals surface area contributed by atoms with Crippen LogP contribution in [-0.2, 0) is 19.1 Å². The lowest BCUT2D eigenvalue weighted by molar-refractivity contribution is -0.199. The second-order valence-corrected chi connectivity index (χ2v) is 4.03. The van der Waals surface area contributed by atoms with Gasteiger partial charge in [-0.3, -0.25) is 4.79 Å². The first-order valence-electron chi connectivity index (χ1n) is 4.84. The van der Waals surface area contributed by atoms with Crippen LogP contribution in [0.3, 0.4) is 0 Å². The van der Waals surface area contributed by atoms with Gasteiger partial charge in [0.1, 0.15) is 12.0 Å². The lowest BCUT2D eigenvalue weighted by Gasteiger charge is -2.31. The van der Waals surface area contributed by atoms with Gasteiger partial charge in [-0.25, -0.2) is 4.79 Å². The van der Waals surface area contributed by atoms with E-state index >= 15 is 0 Å². The van der Waals surface area contributed by atoms with Crippen LogP contribution in [-0.4, -0.2) is 24.1 Å². The van der Waals surface area contributed by atoms with Crippen molar-refractivity contribution in [2.45, 2.75) is 39.9 Å². The van der Waals surface area contributed by atoms with Gasteiger partial charge in [-0.05, 0) is 19.8 Å². The molecule has 0 aromatic rings. The quantitative estimate of drug-likeness (QED) is 0.641. The van der Waals surface area contributed by atoms with Crippen LogP contribution < -0.4 is 0 Å². The van der Waals surface area contributed by atoms with E-state index in [9.17, 15) is 9.59 Å². The number of hydrogen-bond donors (Lipinski definition) is 0. The summed E-state index contributed by atoms with van der Waals surface area (Å²) >= 11 is 0. The Morgan fingerprint density at radius 3 is 2.36 bits per heavy atom. The zero-order valence-electron chi connectivity index (χ0n) is 8.94. The largest absolute Gasteiger partial charge is 0.460 e. The second kappa shape index (κ2) is 3.98. The predicted octanol–water partition coefficient (Wildman–Crippen LogP) is 1.14. The monoisotopic (exact) mass is 200 g/mol. The van der Waals surface area contributed by atoms with Crippen LogP contribution in [0.15, 0.2) is 0 Å². The van der Waals surface area contributed by atoms with Crippen LogP contribution in [0, 0.1) is 11.8 Å². The Morgan fingerprint density at radius 2 is 2.00 bits per heavy atom. The van der Waals surface area contributed by atoms with Crippen molar-refractivity contribution in [2.75, 3.05) is 0 Å². The van der Waals surface area contributed by atoms with E-state index in [-0.39, 0.29) is 23.9 Å². The molecule has 0 aromatic heterocycles. The number of carbonyl (C=O) groups is 2. The molecular formula is C10H16O4. The average molecular weight is 200 g/mol. The molecule has 1 heterocycles. The third kappa shape index (κ3) is 2.05. The second-order valence-electron chi connectivity index (χ2n) is 4.03. The molecule has 0 N–H and O–H groups in total. The lowest BCUT2D eigenvalue weighted by atomic mass is 9.99. The first-order valence-corrected chi connectivity index (χ1v) is 4.84. The van der Waals surface area contributed by atoms with Crippen LogP contribution >= 0.6 is 0 Å². The number of cyclic esters (lactones) is 1. The number of rotatable bonds is 3. The standard InChI is InChI=1S/C10H16O4/c1-5(2)7(4)13-10(12)8-6(3)9(11)14-8/h5-8H,1-4H3/t6-,7+,8-/m0/s1. The normalized spacial score (nSPS) is 27.9. The van der Waals surface area contributed by atoms with Crippen molar-refractivity contribution < 1.29 is 19.1 Å². The van der Waals surface area contributed by atoms with Crippen molar-refractivity contribution in [1.82, 2.24) is 0 Å². The maximum absolute atomic E-state index is 11.4. The Morgan fingerprint density at radius 1 is 1.43 bits per heavy atom. The van der Waals surface area contributed by atoms with E-state index in [0.717, 1.165) is 0 Å². The molecule has 0 spiro atoms. The summed E-state index contributed by atoms with van der Waals surface area (Å²) in [6.07, 6.45) is -0.835. The highest BCUT2D eigenvalue weighted by atomic mass is 16.6. The molecule has 0 saturated carbocycles. The molecule has 1 rings (SSSR count). The molecule has 1 aliphatic heterocycles. The molecule has 4 heteroatoms. The minimum Gasteiger partial charge on any atom is -0.460 e. The minimum absolute atomic E-state index is 0.144. The summed E-state index contributed by atoms with van der Waals surface area (Å²) in [6.45, 7) is 7.42. The zero-order chi connectivity index (χ0) is 10.9. The van der Waals surface area contributed by atoms with Gasteiger partial charge in [0.25, 0.3) is 0 Å². The van der Waals surface area contributed by atoms with Gasteiger partial charge in [0.15, 0.2) is 0 Å². The van der Waals surface area contributed by atoms with Gasteiger partial charge in [0.05, 0.1) is 0 Å². The van der Waals surface area contributed by atoms with Crippen LogP contribution in [0.25, 0.3) is 0 Å². The number of ether oxygens (including phenoxy) is 2. The summed E-state index contributed by atoms with van der Waals surface area (Å²) < 4.78 is 9.80. The summed E-state index contributed by atoms with van der Waals surface area (Å²) in [5.74, 6) is -0.852.